The van der Waals surface area contributed by atoms with Crippen LogP contribution in [0.5, 0.6) is 0 Å². The van der Waals surface area contributed by atoms with E-state index in [9.17, 15) is 5.26 Å². The van der Waals surface area contributed by atoms with Crippen molar-refractivity contribution < 1.29 is 0 Å². The number of thiophene rings is 1. The summed E-state index contributed by atoms with van der Waals surface area (Å²) in [5.41, 5.74) is 10.1. The Balaban J connectivity index is 1.29. The third-order valence-corrected chi connectivity index (χ3v) is 11.2. The molecule has 0 amide bonds. The molecule has 2 aliphatic rings. The second kappa shape index (κ2) is 11.6. The molecule has 0 radical (unpaired) electrons. The molecular formula is C44H33N3S. The first-order chi connectivity index (χ1) is 23.7. The Kier molecular flexibility index (Phi) is 6.88. The zero-order chi connectivity index (χ0) is 32.2. The van der Waals surface area contributed by atoms with Crippen LogP contribution in [0.4, 0.5) is 11.4 Å². The number of nitrogens with zero attached hydrogens (tertiary/aromatic N) is 3. The van der Waals surface area contributed by atoms with Crippen LogP contribution in [0.15, 0.2) is 140 Å². The minimum absolute atomic E-state index is 0.425. The zero-order valence-corrected chi connectivity index (χ0v) is 27.5. The molecule has 1 aliphatic heterocycles. The second-order valence-electron chi connectivity index (χ2n) is 12.8. The number of hydrogen-bond donors (Lipinski definition) is 0. The van der Waals surface area contributed by atoms with Gasteiger partial charge in [-0.2, -0.15) is 5.26 Å². The van der Waals surface area contributed by atoms with E-state index < -0.39 is 0 Å². The van der Waals surface area contributed by atoms with Crippen molar-refractivity contribution in [2.45, 2.75) is 19.8 Å². The van der Waals surface area contributed by atoms with E-state index >= 15 is 0 Å². The summed E-state index contributed by atoms with van der Waals surface area (Å²) >= 11 is 1.87. The lowest BCUT2D eigenvalue weighted by Gasteiger charge is -2.28. The Bertz CT molecular complexity index is 2580. The van der Waals surface area contributed by atoms with Crippen LogP contribution in [-0.4, -0.2) is 11.1 Å². The smallest absolute Gasteiger partial charge is 0.0998 e. The highest BCUT2D eigenvalue weighted by molar-refractivity contribution is 7.26. The summed E-state index contributed by atoms with van der Waals surface area (Å²) in [6, 6.07) is 37.5. The highest BCUT2D eigenvalue weighted by atomic mass is 32.1. The minimum atomic E-state index is 0.425. The highest BCUT2D eigenvalue weighted by Gasteiger charge is 2.23. The number of rotatable bonds is 3. The molecule has 48 heavy (non-hydrogen) atoms. The number of anilines is 2. The van der Waals surface area contributed by atoms with Gasteiger partial charge in [0.05, 0.1) is 33.1 Å². The van der Waals surface area contributed by atoms with Gasteiger partial charge in [-0.15, -0.1) is 11.3 Å². The summed E-state index contributed by atoms with van der Waals surface area (Å²) in [4.78, 5) is 2.36. The van der Waals surface area contributed by atoms with E-state index in [1.165, 1.54) is 58.9 Å². The third-order valence-electron chi connectivity index (χ3n) is 9.96. The zero-order valence-electron chi connectivity index (χ0n) is 26.7. The standard InChI is InChI=1S/C44H33N3S/c1-29-13-5-8-18-37(29)47-39-20-10-7-17-33(39)34-23-24-35-36-27-31(22-25-41(36)48-44(35)43(34)47)42-32(28-45)16-12-21-40(42)46-26-11-3-2-4-14-30-15-6-9-19-38(30)46/h2-12,15-25,27,29H,13-14,26H2,1H3/b4-2-,11-3-. The first-order valence-corrected chi connectivity index (χ1v) is 17.5. The van der Waals surface area contributed by atoms with Crippen molar-refractivity contribution in [3.63, 3.8) is 0 Å². The van der Waals surface area contributed by atoms with E-state index in [-0.39, 0.29) is 0 Å². The van der Waals surface area contributed by atoms with Gasteiger partial charge >= 0.3 is 0 Å². The largest absolute Gasteiger partial charge is 0.337 e. The summed E-state index contributed by atoms with van der Waals surface area (Å²) in [6.07, 6.45) is 17.3. The number of hydrogen-bond acceptors (Lipinski definition) is 3. The quantitative estimate of drug-likeness (QED) is 0.193. The van der Waals surface area contributed by atoms with Gasteiger partial charge in [0.25, 0.3) is 0 Å². The molecule has 0 fully saturated rings. The van der Waals surface area contributed by atoms with Crippen LogP contribution in [-0.2, 0) is 6.42 Å². The van der Waals surface area contributed by atoms with Crippen LogP contribution in [0.25, 0.3) is 58.8 Å². The third kappa shape index (κ3) is 4.47. The molecule has 3 nitrogen and oxygen atoms in total. The van der Waals surface area contributed by atoms with Gasteiger partial charge in [-0.3, -0.25) is 0 Å². The van der Waals surface area contributed by atoms with Gasteiger partial charge < -0.3 is 9.47 Å². The second-order valence-corrected chi connectivity index (χ2v) is 13.8. The molecular weight excluding hydrogens is 603 g/mol. The number of aromatic nitrogens is 1. The fourth-order valence-corrected chi connectivity index (χ4v) is 8.91. The molecule has 9 rings (SSSR count). The molecule has 4 heteroatoms. The average molecular weight is 636 g/mol. The van der Waals surface area contributed by atoms with Crippen molar-refractivity contribution in [1.29, 1.82) is 5.26 Å². The molecule has 2 aromatic heterocycles. The number of fused-ring (bicyclic) bond motifs is 8. The van der Waals surface area contributed by atoms with Crippen molar-refractivity contribution in [3.8, 4) is 17.2 Å². The van der Waals surface area contributed by atoms with E-state index in [0.717, 1.165) is 29.7 Å². The molecule has 0 saturated carbocycles. The first-order valence-electron chi connectivity index (χ1n) is 16.7. The monoisotopic (exact) mass is 635 g/mol. The molecule has 1 atom stereocenters. The Labute approximate surface area is 284 Å². The van der Waals surface area contributed by atoms with Crippen LogP contribution in [0.2, 0.25) is 0 Å². The van der Waals surface area contributed by atoms with Crippen molar-refractivity contribution in [2.24, 2.45) is 5.92 Å². The lowest BCUT2D eigenvalue weighted by atomic mass is 9.95. The van der Waals surface area contributed by atoms with E-state index in [1.54, 1.807) is 0 Å². The van der Waals surface area contributed by atoms with E-state index in [0.29, 0.717) is 18.0 Å². The summed E-state index contributed by atoms with van der Waals surface area (Å²) < 4.78 is 5.07. The molecule has 1 unspecified atom stereocenters. The van der Waals surface area contributed by atoms with Crippen LogP contribution in [0.1, 0.15) is 24.5 Å². The van der Waals surface area contributed by atoms with Gasteiger partial charge in [-0.25, -0.2) is 0 Å². The molecule has 0 bridgehead atoms. The minimum Gasteiger partial charge on any atom is -0.337 e. The van der Waals surface area contributed by atoms with Crippen molar-refractivity contribution in [2.75, 3.05) is 11.4 Å². The first kappa shape index (κ1) is 28.6. The maximum absolute atomic E-state index is 10.4. The Hall–Kier alpha value is -5.63. The van der Waals surface area contributed by atoms with E-state index in [4.69, 9.17) is 0 Å². The van der Waals surface area contributed by atoms with Crippen LogP contribution < -0.4 is 4.90 Å². The fourth-order valence-electron chi connectivity index (χ4n) is 7.69. The normalized spacial score (nSPS) is 17.5. The van der Waals surface area contributed by atoms with Gasteiger partial charge in [-0.1, -0.05) is 104 Å². The number of para-hydroxylation sites is 2. The summed E-state index contributed by atoms with van der Waals surface area (Å²) in [5, 5.41) is 15.5. The molecule has 3 heterocycles. The van der Waals surface area contributed by atoms with Crippen LogP contribution >= 0.6 is 11.3 Å². The number of nitriles is 1. The number of benzene rings is 5. The maximum atomic E-state index is 10.4. The van der Waals surface area contributed by atoms with Crippen LogP contribution in [0, 0.1) is 17.2 Å². The predicted octanol–water partition coefficient (Wildman–Crippen LogP) is 11.9. The van der Waals surface area contributed by atoms with Crippen molar-refractivity contribution in [3.05, 3.63) is 151 Å². The van der Waals surface area contributed by atoms with Gasteiger partial charge in [0, 0.05) is 55.7 Å². The average Bonchev–Trinajstić information content (AvgIpc) is 3.69. The van der Waals surface area contributed by atoms with Crippen LogP contribution in [0.3, 0.4) is 0 Å². The Morgan fingerprint density at radius 1 is 0.750 bits per heavy atom. The molecule has 0 spiro atoms. The number of allylic oxidation sites excluding steroid dienone is 7. The van der Waals surface area contributed by atoms with E-state index in [1.807, 2.05) is 23.5 Å². The fraction of sp³-hybridized carbons (Fsp3) is 0.114. The molecule has 0 N–H and O–H groups in total. The molecule has 230 valence electrons. The molecule has 5 aromatic carbocycles. The van der Waals surface area contributed by atoms with Gasteiger partial charge in [0.2, 0.25) is 0 Å². The van der Waals surface area contributed by atoms with Crippen molar-refractivity contribution >= 4 is 70.4 Å². The maximum Gasteiger partial charge on any atom is 0.0998 e. The van der Waals surface area contributed by atoms with Gasteiger partial charge in [0.1, 0.15) is 0 Å². The summed E-state index contributed by atoms with van der Waals surface area (Å²) in [5.74, 6) is 0.425. The predicted molar refractivity (Wildman–Crippen MR) is 205 cm³/mol. The van der Waals surface area contributed by atoms with Crippen molar-refractivity contribution in [1.82, 2.24) is 4.57 Å². The van der Waals surface area contributed by atoms with E-state index in [2.05, 4.69) is 150 Å². The lowest BCUT2D eigenvalue weighted by Crippen LogP contribution is -2.19. The Morgan fingerprint density at radius 3 is 2.50 bits per heavy atom. The topological polar surface area (TPSA) is 32.0 Å². The summed E-state index contributed by atoms with van der Waals surface area (Å²) in [7, 11) is 0. The summed E-state index contributed by atoms with van der Waals surface area (Å²) in [6.45, 7) is 3.04. The SMILES string of the molecule is CC1CC=CC=C1n1c2ccccc2c2ccc3c4cc(-c5c(C#N)cccc5N5C/C=C\C=C/Cc6ccccc65)ccc4sc3c21. The highest BCUT2D eigenvalue weighted by Crippen LogP contribution is 2.46. The van der Waals surface area contributed by atoms with Gasteiger partial charge in [0.15, 0.2) is 0 Å². The lowest BCUT2D eigenvalue weighted by molar-refractivity contribution is 0.725. The molecule has 0 saturated heterocycles. The van der Waals surface area contributed by atoms with Gasteiger partial charge in [-0.05, 0) is 66.4 Å². The Morgan fingerprint density at radius 2 is 1.58 bits per heavy atom. The molecule has 1 aliphatic carbocycles. The molecule has 7 aromatic rings.